The van der Waals surface area contributed by atoms with Crippen LogP contribution < -0.4 is 5.32 Å². The predicted octanol–water partition coefficient (Wildman–Crippen LogP) is 2.13. The van der Waals surface area contributed by atoms with Crippen molar-refractivity contribution in [1.82, 2.24) is 10.2 Å². The van der Waals surface area contributed by atoms with Gasteiger partial charge in [0.25, 0.3) is 5.91 Å². The molecule has 1 saturated heterocycles. The van der Waals surface area contributed by atoms with Gasteiger partial charge in [-0.25, -0.2) is 0 Å². The third kappa shape index (κ3) is 3.43. The molecular weight excluding hydrogens is 264 g/mol. The standard InChI is InChI=1S/C17H22N2O2/c1-12-4-2-5-13(10-12)17(21)19-9-3-6-14(11-19)16(20)18-15-7-8-15/h2,4-5,10,14-15H,3,6-9,11H2,1H3,(H,18,20)/t14-/m0/s1. The molecule has 0 radical (unpaired) electrons. The molecule has 1 saturated carbocycles. The lowest BCUT2D eigenvalue weighted by molar-refractivity contribution is -0.126. The molecule has 4 heteroatoms. The summed E-state index contributed by atoms with van der Waals surface area (Å²) in [4.78, 5) is 26.5. The van der Waals surface area contributed by atoms with Crippen LogP contribution in [-0.4, -0.2) is 35.8 Å². The van der Waals surface area contributed by atoms with Crippen LogP contribution in [0.2, 0.25) is 0 Å². The molecule has 2 aliphatic rings. The van der Waals surface area contributed by atoms with E-state index in [1.807, 2.05) is 36.1 Å². The van der Waals surface area contributed by atoms with E-state index in [4.69, 9.17) is 0 Å². The summed E-state index contributed by atoms with van der Waals surface area (Å²) >= 11 is 0. The Morgan fingerprint density at radius 3 is 2.76 bits per heavy atom. The van der Waals surface area contributed by atoms with Crippen LogP contribution in [0.25, 0.3) is 0 Å². The van der Waals surface area contributed by atoms with Crippen molar-refractivity contribution < 1.29 is 9.59 Å². The molecule has 2 fully saturated rings. The van der Waals surface area contributed by atoms with E-state index in [-0.39, 0.29) is 17.7 Å². The zero-order chi connectivity index (χ0) is 14.8. The van der Waals surface area contributed by atoms with Crippen molar-refractivity contribution >= 4 is 11.8 Å². The van der Waals surface area contributed by atoms with Crippen molar-refractivity contribution in [2.75, 3.05) is 13.1 Å². The van der Waals surface area contributed by atoms with Crippen molar-refractivity contribution in [1.29, 1.82) is 0 Å². The van der Waals surface area contributed by atoms with Crippen LogP contribution in [-0.2, 0) is 4.79 Å². The Balaban J connectivity index is 1.64. The predicted molar refractivity (Wildman–Crippen MR) is 81.0 cm³/mol. The first-order chi connectivity index (χ1) is 10.1. The van der Waals surface area contributed by atoms with Gasteiger partial charge in [0.05, 0.1) is 5.92 Å². The van der Waals surface area contributed by atoms with E-state index in [0.29, 0.717) is 12.6 Å². The SMILES string of the molecule is Cc1cccc(C(=O)N2CCC[C@H](C(=O)NC3CC3)C2)c1. The third-order valence-corrected chi connectivity index (χ3v) is 4.27. The number of carbonyl (C=O) groups is 2. The van der Waals surface area contributed by atoms with E-state index in [1.165, 1.54) is 0 Å². The number of piperidine rings is 1. The van der Waals surface area contributed by atoms with Crippen LogP contribution in [0.5, 0.6) is 0 Å². The van der Waals surface area contributed by atoms with Gasteiger partial charge in [-0.3, -0.25) is 9.59 Å². The summed E-state index contributed by atoms with van der Waals surface area (Å²) in [5, 5.41) is 3.06. The number of hydrogen-bond donors (Lipinski definition) is 1. The highest BCUT2D eigenvalue weighted by molar-refractivity contribution is 5.95. The first kappa shape index (κ1) is 14.1. The number of likely N-dealkylation sites (tertiary alicyclic amines) is 1. The quantitative estimate of drug-likeness (QED) is 0.925. The van der Waals surface area contributed by atoms with Crippen molar-refractivity contribution in [2.45, 2.75) is 38.6 Å². The molecule has 0 spiro atoms. The van der Waals surface area contributed by atoms with Gasteiger partial charge in [-0.05, 0) is 44.7 Å². The first-order valence-electron chi connectivity index (χ1n) is 7.80. The van der Waals surface area contributed by atoms with Crippen molar-refractivity contribution in [3.05, 3.63) is 35.4 Å². The number of benzene rings is 1. The van der Waals surface area contributed by atoms with E-state index in [9.17, 15) is 9.59 Å². The monoisotopic (exact) mass is 286 g/mol. The lowest BCUT2D eigenvalue weighted by Crippen LogP contribution is -2.45. The fraction of sp³-hybridized carbons (Fsp3) is 0.529. The van der Waals surface area contributed by atoms with Gasteiger partial charge in [0.2, 0.25) is 5.91 Å². The van der Waals surface area contributed by atoms with Crippen LogP contribution in [0.4, 0.5) is 0 Å². The minimum Gasteiger partial charge on any atom is -0.353 e. The molecule has 0 unspecified atom stereocenters. The summed E-state index contributed by atoms with van der Waals surface area (Å²) in [7, 11) is 0. The molecule has 1 aromatic carbocycles. The second kappa shape index (κ2) is 5.88. The Morgan fingerprint density at radius 1 is 1.24 bits per heavy atom. The maximum atomic E-state index is 12.5. The molecular formula is C17H22N2O2. The molecule has 3 rings (SSSR count). The second-order valence-corrected chi connectivity index (χ2v) is 6.24. The number of nitrogens with one attached hydrogen (secondary N) is 1. The first-order valence-corrected chi connectivity index (χ1v) is 7.80. The molecule has 112 valence electrons. The molecule has 1 atom stereocenters. The molecule has 1 aliphatic heterocycles. The van der Waals surface area contributed by atoms with Gasteiger partial charge in [0, 0.05) is 24.7 Å². The summed E-state index contributed by atoms with van der Waals surface area (Å²) in [5.41, 5.74) is 1.80. The summed E-state index contributed by atoms with van der Waals surface area (Å²) in [6.45, 7) is 3.28. The molecule has 1 aliphatic carbocycles. The van der Waals surface area contributed by atoms with Gasteiger partial charge in [-0.1, -0.05) is 17.7 Å². The molecule has 0 bridgehead atoms. The van der Waals surface area contributed by atoms with Crippen LogP contribution in [0.3, 0.4) is 0 Å². The van der Waals surface area contributed by atoms with Crippen molar-refractivity contribution in [3.8, 4) is 0 Å². The summed E-state index contributed by atoms with van der Waals surface area (Å²) < 4.78 is 0. The fourth-order valence-corrected chi connectivity index (χ4v) is 2.88. The van der Waals surface area contributed by atoms with Crippen LogP contribution in [0.15, 0.2) is 24.3 Å². The maximum absolute atomic E-state index is 12.5. The number of amides is 2. The number of hydrogen-bond acceptors (Lipinski definition) is 2. The highest BCUT2D eigenvalue weighted by Crippen LogP contribution is 2.23. The molecule has 2 amide bonds. The molecule has 1 heterocycles. The fourth-order valence-electron chi connectivity index (χ4n) is 2.88. The van der Waals surface area contributed by atoms with E-state index in [2.05, 4.69) is 5.32 Å². The number of nitrogens with zero attached hydrogens (tertiary/aromatic N) is 1. The van der Waals surface area contributed by atoms with Gasteiger partial charge in [0.15, 0.2) is 0 Å². The summed E-state index contributed by atoms with van der Waals surface area (Å²) in [5.74, 6) is 0.120. The van der Waals surface area contributed by atoms with Crippen molar-refractivity contribution in [2.24, 2.45) is 5.92 Å². The molecule has 0 aromatic heterocycles. The Hall–Kier alpha value is -1.84. The minimum absolute atomic E-state index is 0.0441. The largest absolute Gasteiger partial charge is 0.353 e. The number of aryl methyl sites for hydroxylation is 1. The van der Waals surface area contributed by atoms with Gasteiger partial charge in [-0.15, -0.1) is 0 Å². The highest BCUT2D eigenvalue weighted by Gasteiger charge is 2.32. The zero-order valence-electron chi connectivity index (χ0n) is 12.5. The van der Waals surface area contributed by atoms with Crippen molar-refractivity contribution in [3.63, 3.8) is 0 Å². The van der Waals surface area contributed by atoms with Gasteiger partial charge in [0.1, 0.15) is 0 Å². The number of rotatable bonds is 3. The van der Waals surface area contributed by atoms with Crippen LogP contribution in [0, 0.1) is 12.8 Å². The van der Waals surface area contributed by atoms with Gasteiger partial charge < -0.3 is 10.2 Å². The van der Waals surface area contributed by atoms with E-state index in [1.54, 1.807) is 0 Å². The zero-order valence-corrected chi connectivity index (χ0v) is 12.5. The third-order valence-electron chi connectivity index (χ3n) is 4.27. The van der Waals surface area contributed by atoms with Gasteiger partial charge >= 0.3 is 0 Å². The average molecular weight is 286 g/mol. The van der Waals surface area contributed by atoms with Gasteiger partial charge in [-0.2, -0.15) is 0 Å². The lowest BCUT2D eigenvalue weighted by Gasteiger charge is -2.32. The molecule has 4 nitrogen and oxygen atoms in total. The second-order valence-electron chi connectivity index (χ2n) is 6.24. The minimum atomic E-state index is -0.0480. The summed E-state index contributed by atoms with van der Waals surface area (Å²) in [6, 6.07) is 8.04. The normalized spacial score (nSPS) is 22.0. The Kier molecular flexibility index (Phi) is 3.95. The number of carbonyl (C=O) groups excluding carboxylic acids is 2. The Morgan fingerprint density at radius 2 is 2.05 bits per heavy atom. The van der Waals surface area contributed by atoms with E-state index >= 15 is 0 Å². The molecule has 21 heavy (non-hydrogen) atoms. The summed E-state index contributed by atoms with van der Waals surface area (Å²) in [6.07, 6.45) is 3.99. The van der Waals surface area contributed by atoms with E-state index < -0.39 is 0 Å². The molecule has 1 aromatic rings. The van der Waals surface area contributed by atoms with E-state index in [0.717, 1.165) is 43.4 Å². The Labute approximate surface area is 125 Å². The topological polar surface area (TPSA) is 49.4 Å². The van der Waals surface area contributed by atoms with Crippen LogP contribution in [0.1, 0.15) is 41.6 Å². The lowest BCUT2D eigenvalue weighted by atomic mass is 9.96. The Bertz CT molecular complexity index is 551. The average Bonchev–Trinajstić information content (AvgIpc) is 3.30. The smallest absolute Gasteiger partial charge is 0.253 e. The highest BCUT2D eigenvalue weighted by atomic mass is 16.2. The molecule has 1 N–H and O–H groups in total. The van der Waals surface area contributed by atoms with Crippen LogP contribution >= 0.6 is 0 Å². The maximum Gasteiger partial charge on any atom is 0.253 e.